The average molecular weight is 413 g/mol. The number of carbonyl (C=O) groups excluding carboxylic acids is 2. The third kappa shape index (κ3) is 4.22. The normalized spacial score (nSPS) is 12.2. The molecule has 1 aromatic carbocycles. The van der Waals surface area contributed by atoms with Crippen molar-refractivity contribution >= 4 is 39.1 Å². The molecule has 0 aliphatic heterocycles. The first kappa shape index (κ1) is 20.7. The molecule has 2 heterocycles. The van der Waals surface area contributed by atoms with Crippen molar-refractivity contribution in [2.75, 3.05) is 5.32 Å². The van der Waals surface area contributed by atoms with E-state index in [-0.39, 0.29) is 17.6 Å². The quantitative estimate of drug-likeness (QED) is 0.642. The smallest absolute Gasteiger partial charge is 0.348 e. The molecule has 29 heavy (non-hydrogen) atoms. The van der Waals surface area contributed by atoms with E-state index in [0.29, 0.717) is 26.3 Å². The van der Waals surface area contributed by atoms with Gasteiger partial charge in [-0.1, -0.05) is 17.7 Å². The molecule has 3 aromatic rings. The number of thiophene rings is 1. The van der Waals surface area contributed by atoms with Crippen LogP contribution in [-0.2, 0) is 9.53 Å². The lowest BCUT2D eigenvalue weighted by molar-refractivity contribution is -0.118. The van der Waals surface area contributed by atoms with Gasteiger partial charge in [-0.3, -0.25) is 14.2 Å². The predicted molar refractivity (Wildman–Crippen MR) is 114 cm³/mol. The highest BCUT2D eigenvalue weighted by atomic mass is 32.1. The molecule has 7 nitrogen and oxygen atoms in total. The van der Waals surface area contributed by atoms with Gasteiger partial charge in [0.25, 0.3) is 5.56 Å². The minimum atomic E-state index is -0.772. The summed E-state index contributed by atoms with van der Waals surface area (Å²) in [5, 5.41) is 3.14. The van der Waals surface area contributed by atoms with Gasteiger partial charge >= 0.3 is 5.97 Å². The molecule has 1 N–H and O–H groups in total. The van der Waals surface area contributed by atoms with Gasteiger partial charge in [-0.05, 0) is 52.3 Å². The molecule has 0 saturated carbocycles. The summed E-state index contributed by atoms with van der Waals surface area (Å²) < 4.78 is 6.53. The molecule has 0 fully saturated rings. The zero-order valence-electron chi connectivity index (χ0n) is 17.0. The number of nitrogens with one attached hydrogen (secondary N) is 1. The summed E-state index contributed by atoms with van der Waals surface area (Å²) in [6.45, 7) is 8.82. The van der Waals surface area contributed by atoms with Crippen LogP contribution in [0, 0.1) is 13.8 Å². The van der Waals surface area contributed by atoms with Crippen LogP contribution in [0.15, 0.2) is 35.4 Å². The van der Waals surface area contributed by atoms with Gasteiger partial charge in [0.1, 0.15) is 15.7 Å². The first-order valence-electron chi connectivity index (χ1n) is 9.27. The van der Waals surface area contributed by atoms with Crippen LogP contribution in [0.5, 0.6) is 0 Å². The number of aryl methyl sites for hydroxylation is 2. The summed E-state index contributed by atoms with van der Waals surface area (Å²) in [7, 11) is 0. The minimum Gasteiger partial charge on any atom is -0.459 e. The van der Waals surface area contributed by atoms with Gasteiger partial charge in [-0.15, -0.1) is 11.3 Å². The Morgan fingerprint density at radius 2 is 1.79 bits per heavy atom. The number of anilines is 1. The van der Waals surface area contributed by atoms with E-state index >= 15 is 0 Å². The number of fused-ring (bicyclic) bond motifs is 1. The van der Waals surface area contributed by atoms with Crippen molar-refractivity contribution in [2.45, 2.75) is 46.8 Å². The molecule has 8 heteroatoms. The van der Waals surface area contributed by atoms with E-state index < -0.39 is 12.0 Å². The van der Waals surface area contributed by atoms with Crippen LogP contribution in [0.2, 0.25) is 0 Å². The Labute approximate surface area is 172 Å². The van der Waals surface area contributed by atoms with Crippen LogP contribution in [0.1, 0.15) is 47.6 Å². The second-order valence-electron chi connectivity index (χ2n) is 7.18. The number of amides is 1. The molecule has 0 radical (unpaired) electrons. The number of ether oxygens (including phenoxy) is 1. The third-order valence-corrected chi connectivity index (χ3v) is 5.70. The van der Waals surface area contributed by atoms with Gasteiger partial charge in [0.2, 0.25) is 5.91 Å². The first-order valence-corrected chi connectivity index (χ1v) is 10.1. The molecule has 1 atom stereocenters. The van der Waals surface area contributed by atoms with E-state index in [4.69, 9.17) is 4.74 Å². The fraction of sp³-hybridized carbons (Fsp3) is 0.333. The molecule has 2 aromatic heterocycles. The highest BCUT2D eigenvalue weighted by Crippen LogP contribution is 2.28. The largest absolute Gasteiger partial charge is 0.459 e. The zero-order chi connectivity index (χ0) is 21.3. The Morgan fingerprint density at radius 1 is 1.14 bits per heavy atom. The van der Waals surface area contributed by atoms with Crippen LogP contribution < -0.4 is 10.9 Å². The van der Waals surface area contributed by atoms with Crippen molar-refractivity contribution in [3.63, 3.8) is 0 Å². The van der Waals surface area contributed by atoms with Crippen molar-refractivity contribution in [1.82, 2.24) is 9.55 Å². The molecular weight excluding hydrogens is 390 g/mol. The number of rotatable bonds is 5. The molecule has 0 aliphatic carbocycles. The number of esters is 1. The van der Waals surface area contributed by atoms with Gasteiger partial charge in [0, 0.05) is 5.69 Å². The summed E-state index contributed by atoms with van der Waals surface area (Å²) in [4.78, 5) is 43.1. The van der Waals surface area contributed by atoms with E-state index in [0.717, 1.165) is 16.9 Å². The summed E-state index contributed by atoms with van der Waals surface area (Å²) in [6, 6.07) is 6.63. The number of hydrogen-bond acceptors (Lipinski definition) is 6. The average Bonchev–Trinajstić information content (AvgIpc) is 3.00. The first-order chi connectivity index (χ1) is 13.7. The molecule has 1 amide bonds. The topological polar surface area (TPSA) is 90.3 Å². The van der Waals surface area contributed by atoms with E-state index in [9.17, 15) is 14.4 Å². The van der Waals surface area contributed by atoms with Gasteiger partial charge in [0.15, 0.2) is 0 Å². The number of carbonyl (C=O) groups is 2. The van der Waals surface area contributed by atoms with Gasteiger partial charge < -0.3 is 10.1 Å². The van der Waals surface area contributed by atoms with E-state index in [1.807, 2.05) is 19.1 Å². The molecule has 3 rings (SSSR count). The van der Waals surface area contributed by atoms with E-state index in [1.165, 1.54) is 10.9 Å². The second kappa shape index (κ2) is 8.16. The lowest BCUT2D eigenvalue weighted by atomic mass is 10.2. The fourth-order valence-corrected chi connectivity index (χ4v) is 3.91. The zero-order valence-corrected chi connectivity index (χ0v) is 17.8. The van der Waals surface area contributed by atoms with Crippen molar-refractivity contribution in [1.29, 1.82) is 0 Å². The highest BCUT2D eigenvalue weighted by Gasteiger charge is 2.24. The lowest BCUT2D eigenvalue weighted by Gasteiger charge is -2.15. The molecule has 0 saturated heterocycles. The summed E-state index contributed by atoms with van der Waals surface area (Å²) in [5.41, 5.74) is 1.90. The van der Waals surface area contributed by atoms with Crippen molar-refractivity contribution < 1.29 is 14.3 Å². The van der Waals surface area contributed by atoms with Crippen LogP contribution >= 0.6 is 11.3 Å². The molecule has 0 aliphatic rings. The van der Waals surface area contributed by atoms with Crippen LogP contribution in [0.4, 0.5) is 5.69 Å². The fourth-order valence-electron chi connectivity index (χ4n) is 2.89. The summed E-state index contributed by atoms with van der Waals surface area (Å²) in [6.07, 6.45) is 1.08. The Morgan fingerprint density at radius 3 is 2.41 bits per heavy atom. The second-order valence-corrected chi connectivity index (χ2v) is 8.18. The van der Waals surface area contributed by atoms with Crippen molar-refractivity contribution in [2.24, 2.45) is 0 Å². The molecule has 0 bridgehead atoms. The maximum atomic E-state index is 13.0. The maximum Gasteiger partial charge on any atom is 0.348 e. The Kier molecular flexibility index (Phi) is 5.83. The van der Waals surface area contributed by atoms with Gasteiger partial charge in [-0.25, -0.2) is 9.78 Å². The van der Waals surface area contributed by atoms with E-state index in [2.05, 4.69) is 10.3 Å². The molecule has 152 valence electrons. The number of benzene rings is 1. The van der Waals surface area contributed by atoms with Crippen LogP contribution in [0.25, 0.3) is 10.2 Å². The molecule has 0 unspecified atom stereocenters. The number of hydrogen-bond donors (Lipinski definition) is 1. The summed E-state index contributed by atoms with van der Waals surface area (Å²) in [5.74, 6) is -0.805. The predicted octanol–water partition coefficient (Wildman–Crippen LogP) is 3.84. The van der Waals surface area contributed by atoms with Crippen LogP contribution in [-0.4, -0.2) is 27.5 Å². The van der Waals surface area contributed by atoms with Crippen molar-refractivity contribution in [3.05, 3.63) is 57.0 Å². The standard InChI is InChI=1S/C21H23N3O4S/c1-11(2)28-21(27)17-13(4)16-19(29-17)22-10-24(20(16)26)14(5)18(25)23-15-8-6-12(3)7-9-15/h6-11,14H,1-5H3,(H,23,25)/t14-/m1/s1. The maximum absolute atomic E-state index is 13.0. The SMILES string of the molecule is Cc1ccc(NC(=O)[C@@H](C)n2cnc3sc(C(=O)OC(C)C)c(C)c3c2=O)cc1. The Bertz CT molecular complexity index is 1130. The number of aromatic nitrogens is 2. The van der Waals surface area contributed by atoms with Gasteiger partial charge in [-0.2, -0.15) is 0 Å². The Balaban J connectivity index is 1.93. The van der Waals surface area contributed by atoms with Crippen LogP contribution in [0.3, 0.4) is 0 Å². The highest BCUT2D eigenvalue weighted by molar-refractivity contribution is 7.20. The number of nitrogens with zero attached hydrogens (tertiary/aromatic N) is 2. The molecule has 0 spiro atoms. The third-order valence-electron chi connectivity index (χ3n) is 4.52. The van der Waals surface area contributed by atoms with E-state index in [1.54, 1.807) is 39.8 Å². The lowest BCUT2D eigenvalue weighted by Crippen LogP contribution is -2.31. The summed E-state index contributed by atoms with van der Waals surface area (Å²) >= 11 is 1.12. The Hall–Kier alpha value is -3.00. The van der Waals surface area contributed by atoms with Gasteiger partial charge in [0.05, 0.1) is 17.8 Å². The van der Waals surface area contributed by atoms with Crippen molar-refractivity contribution in [3.8, 4) is 0 Å². The monoisotopic (exact) mass is 413 g/mol. The minimum absolute atomic E-state index is 0.262. The molecular formula is C21H23N3O4S.